The third-order valence-corrected chi connectivity index (χ3v) is 3.41. The van der Waals surface area contributed by atoms with Crippen LogP contribution in [-0.2, 0) is 15.9 Å². The van der Waals surface area contributed by atoms with E-state index < -0.39 is 18.8 Å². The van der Waals surface area contributed by atoms with E-state index >= 15 is 0 Å². The molecule has 1 aliphatic heterocycles. The molecule has 1 amide bonds. The lowest BCUT2D eigenvalue weighted by Gasteiger charge is -2.23. The number of hydrogen-bond donors (Lipinski definition) is 2. The van der Waals surface area contributed by atoms with Gasteiger partial charge in [0, 0.05) is 17.4 Å². The summed E-state index contributed by atoms with van der Waals surface area (Å²) in [5.41, 5.74) is 0.784. The van der Waals surface area contributed by atoms with Crippen molar-refractivity contribution in [2.75, 3.05) is 32.8 Å². The first-order chi connectivity index (χ1) is 13.3. The van der Waals surface area contributed by atoms with Gasteiger partial charge in [0.15, 0.2) is 0 Å². The predicted octanol–water partition coefficient (Wildman–Crippen LogP) is 4.81. The average Bonchev–Trinajstić information content (AvgIpc) is 2.68. The molecule has 5 nitrogen and oxygen atoms in total. The highest BCUT2D eigenvalue weighted by Crippen LogP contribution is 2.12. The van der Waals surface area contributed by atoms with Crippen LogP contribution in [0.2, 0.25) is 0 Å². The smallest absolute Gasteiger partial charge is 0.407 e. The van der Waals surface area contributed by atoms with Gasteiger partial charge in [-0.05, 0) is 31.4 Å². The van der Waals surface area contributed by atoms with Crippen molar-refractivity contribution < 1.29 is 36.1 Å². The van der Waals surface area contributed by atoms with Crippen molar-refractivity contribution in [1.29, 1.82) is 0 Å². The van der Waals surface area contributed by atoms with Crippen molar-refractivity contribution in [2.45, 2.75) is 45.9 Å². The Morgan fingerprint density at radius 2 is 2.04 bits per heavy atom. The molecular formula is C19H36F4N2O3. The number of benzene rings is 1. The number of carbonyl (C=O) groups is 1. The lowest BCUT2D eigenvalue weighted by molar-refractivity contribution is -0.123. The molecule has 1 saturated heterocycles. The molecule has 1 aromatic carbocycles. The largest absolute Gasteiger partial charge is 0.450 e. The Hall–Kier alpha value is -1.87. The SMILES string of the molecule is CC.CCOC(=O)NCC(F)(F)F.Fc1ccccc1CC[C@@H]1CNCCO1.[HH].[HH].[HH]. The topological polar surface area (TPSA) is 59.6 Å². The Kier molecular flexibility index (Phi) is 14.1. The fourth-order valence-electron chi connectivity index (χ4n) is 2.18. The zero-order valence-electron chi connectivity index (χ0n) is 16.6. The minimum absolute atomic E-state index is 0. The van der Waals surface area contributed by atoms with Crippen LogP contribution in [0.25, 0.3) is 0 Å². The van der Waals surface area contributed by atoms with Gasteiger partial charge in [0.05, 0.1) is 19.3 Å². The van der Waals surface area contributed by atoms with Crippen LogP contribution >= 0.6 is 0 Å². The van der Waals surface area contributed by atoms with Gasteiger partial charge in [0.25, 0.3) is 0 Å². The molecule has 1 heterocycles. The van der Waals surface area contributed by atoms with E-state index in [0.717, 1.165) is 38.1 Å². The van der Waals surface area contributed by atoms with E-state index in [4.69, 9.17) is 4.74 Å². The number of hydrogen-bond acceptors (Lipinski definition) is 4. The van der Waals surface area contributed by atoms with Crippen molar-refractivity contribution in [1.82, 2.24) is 10.6 Å². The number of amides is 1. The van der Waals surface area contributed by atoms with E-state index in [-0.39, 0.29) is 22.8 Å². The second-order valence-electron chi connectivity index (χ2n) is 5.52. The number of aryl methyl sites for hydroxylation is 1. The molecular weight excluding hydrogens is 380 g/mol. The zero-order chi connectivity index (χ0) is 21.4. The Morgan fingerprint density at radius 3 is 2.57 bits per heavy atom. The van der Waals surface area contributed by atoms with Gasteiger partial charge in [0.1, 0.15) is 12.4 Å². The number of halogens is 4. The van der Waals surface area contributed by atoms with Crippen LogP contribution in [0.1, 0.15) is 37.0 Å². The third-order valence-electron chi connectivity index (χ3n) is 3.41. The summed E-state index contributed by atoms with van der Waals surface area (Å²) in [4.78, 5) is 10.3. The Labute approximate surface area is 168 Å². The quantitative estimate of drug-likeness (QED) is 0.677. The molecule has 2 rings (SSSR count). The molecule has 0 saturated carbocycles. The molecule has 9 heteroatoms. The van der Waals surface area contributed by atoms with E-state index in [1.165, 1.54) is 18.3 Å². The molecule has 168 valence electrons. The first-order valence-corrected chi connectivity index (χ1v) is 9.35. The van der Waals surface area contributed by atoms with Gasteiger partial charge in [-0.3, -0.25) is 0 Å². The molecule has 1 aromatic rings. The molecule has 2 N–H and O–H groups in total. The Bertz CT molecular complexity index is 550. The lowest BCUT2D eigenvalue weighted by atomic mass is 10.1. The number of alkyl halides is 3. The molecule has 1 fully saturated rings. The number of nitrogens with one attached hydrogen (secondary N) is 2. The fraction of sp³-hybridized carbons (Fsp3) is 0.632. The first kappa shape index (κ1) is 26.1. The minimum Gasteiger partial charge on any atom is -0.450 e. The maximum atomic E-state index is 13.3. The summed E-state index contributed by atoms with van der Waals surface area (Å²) in [6, 6.07) is 6.94. The van der Waals surface area contributed by atoms with E-state index in [0.29, 0.717) is 0 Å². The normalized spacial score (nSPS) is 16.0. The van der Waals surface area contributed by atoms with Crippen molar-refractivity contribution in [3.8, 4) is 0 Å². The molecule has 1 atom stereocenters. The number of morpholine rings is 1. The van der Waals surface area contributed by atoms with Crippen molar-refractivity contribution in [2.24, 2.45) is 0 Å². The van der Waals surface area contributed by atoms with Gasteiger partial charge in [-0.25, -0.2) is 9.18 Å². The summed E-state index contributed by atoms with van der Waals surface area (Å²) in [7, 11) is 0. The summed E-state index contributed by atoms with van der Waals surface area (Å²) in [6.07, 6.45) is -3.57. The zero-order valence-corrected chi connectivity index (χ0v) is 16.6. The number of ether oxygens (including phenoxy) is 2. The van der Waals surface area contributed by atoms with Crippen LogP contribution in [0.5, 0.6) is 0 Å². The highest BCUT2D eigenvalue weighted by Gasteiger charge is 2.27. The Morgan fingerprint density at radius 1 is 1.36 bits per heavy atom. The minimum atomic E-state index is -4.38. The molecule has 0 unspecified atom stereocenters. The second-order valence-corrected chi connectivity index (χ2v) is 5.52. The fourth-order valence-corrected chi connectivity index (χ4v) is 2.18. The van der Waals surface area contributed by atoms with E-state index in [1.807, 2.05) is 26.0 Å². The lowest BCUT2D eigenvalue weighted by Crippen LogP contribution is -2.38. The van der Waals surface area contributed by atoms with Crippen LogP contribution in [0, 0.1) is 5.82 Å². The molecule has 0 radical (unpaired) electrons. The van der Waals surface area contributed by atoms with Crippen molar-refractivity contribution in [3.63, 3.8) is 0 Å². The molecule has 28 heavy (non-hydrogen) atoms. The maximum Gasteiger partial charge on any atom is 0.407 e. The molecule has 0 bridgehead atoms. The molecule has 1 aliphatic rings. The van der Waals surface area contributed by atoms with Crippen LogP contribution < -0.4 is 10.6 Å². The summed E-state index contributed by atoms with van der Waals surface area (Å²) in [6.45, 7) is 6.79. The standard InChI is InChI=1S/C12H16FNO.C5H8F3NO2.C2H6.3H2/c13-12-4-2-1-3-10(12)5-6-11-9-14-7-8-15-11;1-2-11-4(10)9-3-5(6,7)8;1-2;;;/h1-4,11,14H,5-9H2;2-3H2,1H3,(H,9,10);1-2H3;3*1H/t11-;;;;;/m1...../s1. The van der Waals surface area contributed by atoms with Gasteiger partial charge in [-0.15, -0.1) is 0 Å². The van der Waals surface area contributed by atoms with E-state index in [2.05, 4.69) is 10.1 Å². The molecule has 0 aromatic heterocycles. The second kappa shape index (κ2) is 15.1. The van der Waals surface area contributed by atoms with Crippen molar-refractivity contribution >= 4 is 6.09 Å². The van der Waals surface area contributed by atoms with Crippen LogP contribution in [0.3, 0.4) is 0 Å². The van der Waals surface area contributed by atoms with Crippen LogP contribution in [-0.4, -0.2) is 51.2 Å². The van der Waals surface area contributed by atoms with Gasteiger partial charge in [-0.1, -0.05) is 32.0 Å². The number of carbonyl (C=O) groups excluding carboxylic acids is 1. The number of rotatable bonds is 5. The van der Waals surface area contributed by atoms with Gasteiger partial charge >= 0.3 is 12.3 Å². The van der Waals surface area contributed by atoms with Crippen molar-refractivity contribution in [3.05, 3.63) is 35.6 Å². The van der Waals surface area contributed by atoms with E-state index in [1.54, 1.807) is 6.07 Å². The maximum absolute atomic E-state index is 13.3. The highest BCUT2D eigenvalue weighted by atomic mass is 19.4. The van der Waals surface area contributed by atoms with Gasteiger partial charge in [-0.2, -0.15) is 13.2 Å². The van der Waals surface area contributed by atoms with Crippen LogP contribution in [0.15, 0.2) is 24.3 Å². The number of alkyl carbamates (subject to hydrolysis) is 1. The summed E-state index contributed by atoms with van der Waals surface area (Å²) >= 11 is 0. The summed E-state index contributed by atoms with van der Waals surface area (Å²) < 4.78 is 57.2. The van der Waals surface area contributed by atoms with Crippen LogP contribution in [0.4, 0.5) is 22.4 Å². The monoisotopic (exact) mass is 416 g/mol. The summed E-state index contributed by atoms with van der Waals surface area (Å²) in [5.74, 6) is -0.110. The third kappa shape index (κ3) is 13.3. The highest BCUT2D eigenvalue weighted by molar-refractivity contribution is 5.67. The van der Waals surface area contributed by atoms with E-state index in [9.17, 15) is 22.4 Å². The Balaban J connectivity index is -0.000000207. The first-order valence-electron chi connectivity index (χ1n) is 9.35. The molecule has 0 aliphatic carbocycles. The van der Waals surface area contributed by atoms with Gasteiger partial charge < -0.3 is 20.1 Å². The molecule has 0 spiro atoms. The average molecular weight is 417 g/mol. The van der Waals surface area contributed by atoms with Gasteiger partial charge in [0.2, 0.25) is 0 Å². The summed E-state index contributed by atoms with van der Waals surface area (Å²) in [5, 5.41) is 4.80. The predicted molar refractivity (Wildman–Crippen MR) is 106 cm³/mol.